The lowest BCUT2D eigenvalue weighted by molar-refractivity contribution is -0.304. The summed E-state index contributed by atoms with van der Waals surface area (Å²) in [5.41, 5.74) is 1.10. The number of hydrogen-bond donors (Lipinski definition) is 3. The molecule has 0 spiro atoms. The van der Waals surface area contributed by atoms with Crippen molar-refractivity contribution in [2.24, 2.45) is 0 Å². The molecule has 1 saturated heterocycles. The van der Waals surface area contributed by atoms with Gasteiger partial charge in [-0.3, -0.25) is 4.79 Å². The number of benzene rings is 2. The molecule has 2 aliphatic rings. The van der Waals surface area contributed by atoms with Crippen molar-refractivity contribution < 1.29 is 34.3 Å². The third kappa shape index (κ3) is 3.32. The van der Waals surface area contributed by atoms with E-state index in [-0.39, 0.29) is 5.78 Å². The summed E-state index contributed by atoms with van der Waals surface area (Å²) in [6.45, 7) is 1.55. The molecule has 4 rings (SSSR count). The zero-order valence-corrected chi connectivity index (χ0v) is 15.2. The van der Waals surface area contributed by atoms with Gasteiger partial charge < -0.3 is 29.5 Å². The molecule has 2 heterocycles. The van der Waals surface area contributed by atoms with Gasteiger partial charge in [-0.2, -0.15) is 0 Å². The fourth-order valence-electron chi connectivity index (χ4n) is 3.55. The average molecular weight is 386 g/mol. The first-order valence-corrected chi connectivity index (χ1v) is 9.17. The van der Waals surface area contributed by atoms with Crippen molar-refractivity contribution in [3.8, 4) is 5.75 Å². The molecule has 0 bridgehead atoms. The second-order valence-corrected chi connectivity index (χ2v) is 7.05. The van der Waals surface area contributed by atoms with Crippen LogP contribution in [0.25, 0.3) is 0 Å². The predicted octanol–water partition coefficient (Wildman–Crippen LogP) is 1.22. The molecular weight excluding hydrogens is 364 g/mol. The molecule has 0 unspecified atom stereocenters. The molecule has 148 valence electrons. The molecule has 28 heavy (non-hydrogen) atoms. The zero-order valence-electron chi connectivity index (χ0n) is 15.2. The van der Waals surface area contributed by atoms with Crippen molar-refractivity contribution in [2.45, 2.75) is 49.8 Å². The highest BCUT2D eigenvalue weighted by molar-refractivity contribution is 6.03. The highest BCUT2D eigenvalue weighted by Crippen LogP contribution is 2.38. The van der Waals surface area contributed by atoms with Gasteiger partial charge in [0.05, 0.1) is 11.7 Å². The summed E-state index contributed by atoms with van der Waals surface area (Å²) in [5.74, 6) is 0.148. The van der Waals surface area contributed by atoms with Crippen LogP contribution in [-0.4, -0.2) is 57.9 Å². The minimum atomic E-state index is -1.51. The molecule has 2 aromatic rings. The van der Waals surface area contributed by atoms with Crippen LogP contribution in [0.3, 0.4) is 0 Å². The van der Waals surface area contributed by atoms with E-state index in [1.165, 1.54) is 0 Å². The third-order valence-electron chi connectivity index (χ3n) is 5.16. The van der Waals surface area contributed by atoms with Crippen LogP contribution in [0.5, 0.6) is 5.75 Å². The van der Waals surface area contributed by atoms with E-state index < -0.39 is 42.9 Å². The van der Waals surface area contributed by atoms with E-state index in [1.54, 1.807) is 31.2 Å². The molecular formula is C21H22O7. The Kier molecular flexibility index (Phi) is 5.18. The van der Waals surface area contributed by atoms with Gasteiger partial charge in [-0.05, 0) is 24.6 Å². The molecule has 0 aromatic heterocycles. The number of carbonyl (C=O) groups excluding carboxylic acids is 1. The normalized spacial score (nSPS) is 35.1. The van der Waals surface area contributed by atoms with E-state index in [0.717, 1.165) is 5.56 Å². The second kappa shape index (κ2) is 7.62. The smallest absolute Gasteiger partial charge is 0.199 e. The van der Waals surface area contributed by atoms with Gasteiger partial charge in [0, 0.05) is 0 Å². The minimum Gasteiger partial charge on any atom is -0.482 e. The Labute approximate surface area is 162 Å². The monoisotopic (exact) mass is 386 g/mol. The topological polar surface area (TPSA) is 105 Å². The highest BCUT2D eigenvalue weighted by atomic mass is 16.7. The Bertz CT molecular complexity index is 840. The first kappa shape index (κ1) is 19.0. The number of ether oxygens (including phenoxy) is 3. The molecule has 0 saturated carbocycles. The van der Waals surface area contributed by atoms with Crippen molar-refractivity contribution in [1.29, 1.82) is 0 Å². The summed E-state index contributed by atoms with van der Waals surface area (Å²) in [7, 11) is 0. The maximum Gasteiger partial charge on any atom is 0.199 e. The van der Waals surface area contributed by atoms with Gasteiger partial charge in [0.25, 0.3) is 0 Å². The maximum absolute atomic E-state index is 13.2. The van der Waals surface area contributed by atoms with Crippen LogP contribution in [-0.2, 0) is 9.47 Å². The lowest BCUT2D eigenvalue weighted by Gasteiger charge is -2.42. The first-order chi connectivity index (χ1) is 13.5. The predicted molar refractivity (Wildman–Crippen MR) is 97.8 cm³/mol. The number of rotatable bonds is 3. The summed E-state index contributed by atoms with van der Waals surface area (Å²) >= 11 is 0. The van der Waals surface area contributed by atoms with Gasteiger partial charge in [-0.1, -0.05) is 42.5 Å². The fraction of sp³-hybridized carbons (Fsp3) is 0.381. The maximum atomic E-state index is 13.2. The SMILES string of the molecule is C[C@@H]1O[C@@H](O[C@@H]2C(=O)c3ccccc3O[C@H]2c2ccccc2)[C@H](O)[C@H](O)[C@H]1O. The molecule has 0 amide bonds. The molecule has 2 aromatic carbocycles. The summed E-state index contributed by atoms with van der Waals surface area (Å²) in [5, 5.41) is 30.2. The van der Waals surface area contributed by atoms with Gasteiger partial charge in [0.2, 0.25) is 0 Å². The summed E-state index contributed by atoms with van der Waals surface area (Å²) in [4.78, 5) is 13.2. The lowest BCUT2D eigenvalue weighted by atomic mass is 9.93. The number of para-hydroxylation sites is 1. The molecule has 3 N–H and O–H groups in total. The van der Waals surface area contributed by atoms with Crippen LogP contribution in [0.1, 0.15) is 28.9 Å². The second-order valence-electron chi connectivity index (χ2n) is 7.05. The molecule has 2 aliphatic heterocycles. The quantitative estimate of drug-likeness (QED) is 0.728. The molecule has 0 aliphatic carbocycles. The van der Waals surface area contributed by atoms with Crippen molar-refractivity contribution >= 4 is 5.78 Å². The Morgan fingerprint density at radius 1 is 0.893 bits per heavy atom. The van der Waals surface area contributed by atoms with Gasteiger partial charge in [-0.15, -0.1) is 0 Å². The van der Waals surface area contributed by atoms with E-state index >= 15 is 0 Å². The Morgan fingerprint density at radius 3 is 2.32 bits per heavy atom. The van der Waals surface area contributed by atoms with Gasteiger partial charge in [0.15, 0.2) is 24.3 Å². The minimum absolute atomic E-state index is 0.306. The fourth-order valence-corrected chi connectivity index (χ4v) is 3.55. The number of hydrogen-bond acceptors (Lipinski definition) is 7. The van der Waals surface area contributed by atoms with Crippen LogP contribution < -0.4 is 4.74 Å². The average Bonchev–Trinajstić information content (AvgIpc) is 2.72. The summed E-state index contributed by atoms with van der Waals surface area (Å²) in [6, 6.07) is 16.0. The number of carbonyl (C=O) groups is 1. The van der Waals surface area contributed by atoms with Gasteiger partial charge >= 0.3 is 0 Å². The van der Waals surface area contributed by atoms with Crippen LogP contribution in [0.4, 0.5) is 0 Å². The number of aliphatic hydroxyl groups is 3. The number of fused-ring (bicyclic) bond motifs is 1. The van der Waals surface area contributed by atoms with Gasteiger partial charge in [0.1, 0.15) is 24.1 Å². The van der Waals surface area contributed by atoms with E-state index in [0.29, 0.717) is 11.3 Å². The van der Waals surface area contributed by atoms with Crippen molar-refractivity contribution in [1.82, 2.24) is 0 Å². The number of aliphatic hydroxyl groups excluding tert-OH is 3. The van der Waals surface area contributed by atoms with Crippen LogP contribution >= 0.6 is 0 Å². The Hall–Kier alpha value is -2.29. The van der Waals surface area contributed by atoms with E-state index in [9.17, 15) is 20.1 Å². The largest absolute Gasteiger partial charge is 0.482 e. The highest BCUT2D eigenvalue weighted by Gasteiger charge is 2.47. The van der Waals surface area contributed by atoms with Crippen LogP contribution in [0, 0.1) is 0 Å². The van der Waals surface area contributed by atoms with Gasteiger partial charge in [-0.25, -0.2) is 0 Å². The number of Topliss-reactive ketones (excluding diaryl/α,β-unsaturated/α-hetero) is 1. The lowest BCUT2D eigenvalue weighted by Crippen LogP contribution is -2.59. The standard InChI is InChI=1S/C21H22O7/c1-11-15(22)17(24)18(25)21(26-11)28-20-16(23)13-9-5-6-10-14(13)27-19(20)12-7-3-2-4-8-12/h2-11,15,17-22,24-25H,1H3/t11-,15-,17+,18+,19-,20+,21-/m0/s1. The molecule has 0 radical (unpaired) electrons. The Balaban J connectivity index is 1.67. The van der Waals surface area contributed by atoms with Crippen molar-refractivity contribution in [3.05, 3.63) is 65.7 Å². The van der Waals surface area contributed by atoms with Crippen LogP contribution in [0.2, 0.25) is 0 Å². The third-order valence-corrected chi connectivity index (χ3v) is 5.16. The molecule has 7 atom stereocenters. The first-order valence-electron chi connectivity index (χ1n) is 9.17. The van der Waals surface area contributed by atoms with Crippen LogP contribution in [0.15, 0.2) is 54.6 Å². The van der Waals surface area contributed by atoms with E-state index in [4.69, 9.17) is 14.2 Å². The zero-order chi connectivity index (χ0) is 19.8. The van der Waals surface area contributed by atoms with E-state index in [1.807, 2.05) is 30.3 Å². The molecule has 7 nitrogen and oxygen atoms in total. The number of ketones is 1. The van der Waals surface area contributed by atoms with E-state index in [2.05, 4.69) is 0 Å². The summed E-state index contributed by atoms with van der Waals surface area (Å²) < 4.78 is 17.4. The molecule has 1 fully saturated rings. The van der Waals surface area contributed by atoms with Crippen molar-refractivity contribution in [3.63, 3.8) is 0 Å². The Morgan fingerprint density at radius 2 is 1.57 bits per heavy atom. The van der Waals surface area contributed by atoms with Crippen molar-refractivity contribution in [2.75, 3.05) is 0 Å². The summed E-state index contributed by atoms with van der Waals surface area (Å²) in [6.07, 6.45) is -8.11. The molecule has 7 heteroatoms.